The van der Waals surface area contributed by atoms with E-state index in [0.717, 1.165) is 16.8 Å². The van der Waals surface area contributed by atoms with Crippen LogP contribution < -0.4 is 16.2 Å². The van der Waals surface area contributed by atoms with Gasteiger partial charge < -0.3 is 10.6 Å². The molecule has 0 aliphatic carbocycles. The molecule has 0 saturated heterocycles. The van der Waals surface area contributed by atoms with E-state index in [4.69, 9.17) is 0 Å². The average molecular weight is 412 g/mol. The predicted molar refractivity (Wildman–Crippen MR) is 108 cm³/mol. The van der Waals surface area contributed by atoms with Gasteiger partial charge in [0.2, 0.25) is 11.8 Å². The number of nitrogens with one attached hydrogen (secondary N) is 2. The molecule has 0 fully saturated rings. The van der Waals surface area contributed by atoms with Crippen LogP contribution >= 0.6 is 0 Å². The van der Waals surface area contributed by atoms with Crippen LogP contribution in [0.25, 0.3) is 11.3 Å². The van der Waals surface area contributed by atoms with E-state index in [2.05, 4.69) is 15.7 Å². The molecule has 0 unspecified atom stereocenters. The Kier molecular flexibility index (Phi) is 6.31. The van der Waals surface area contributed by atoms with Crippen molar-refractivity contribution >= 4 is 23.2 Å². The quantitative estimate of drug-likeness (QED) is 0.650. The topological polar surface area (TPSA) is 93.1 Å². The van der Waals surface area contributed by atoms with Gasteiger partial charge in [0.15, 0.2) is 0 Å². The number of anilines is 2. The largest absolute Gasteiger partial charge is 0.324 e. The predicted octanol–water partition coefficient (Wildman–Crippen LogP) is 3.18. The highest BCUT2D eigenvalue weighted by Gasteiger charge is 2.15. The van der Waals surface area contributed by atoms with E-state index in [1.54, 1.807) is 31.2 Å². The van der Waals surface area contributed by atoms with Crippen molar-refractivity contribution in [2.45, 2.75) is 19.9 Å². The van der Waals surface area contributed by atoms with Crippen LogP contribution in [0.15, 0.2) is 59.4 Å². The first-order valence-electron chi connectivity index (χ1n) is 9.09. The van der Waals surface area contributed by atoms with Crippen molar-refractivity contribution in [2.75, 3.05) is 10.6 Å². The lowest BCUT2D eigenvalue weighted by Gasteiger charge is -2.12. The molecule has 0 aliphatic rings. The van der Waals surface area contributed by atoms with Crippen LogP contribution in [0.4, 0.5) is 20.2 Å². The molecule has 0 aliphatic heterocycles. The number of carbonyl (C=O) groups excluding carboxylic acids is 2. The van der Waals surface area contributed by atoms with Crippen molar-refractivity contribution in [3.63, 3.8) is 0 Å². The van der Waals surface area contributed by atoms with Crippen LogP contribution in [0.2, 0.25) is 0 Å². The zero-order valence-electron chi connectivity index (χ0n) is 16.0. The molecule has 154 valence electrons. The molecule has 2 aromatic carbocycles. The van der Waals surface area contributed by atoms with Crippen molar-refractivity contribution in [1.29, 1.82) is 0 Å². The molecular weight excluding hydrogens is 394 g/mol. The molecule has 0 saturated carbocycles. The Morgan fingerprint density at radius 1 is 0.967 bits per heavy atom. The third-order valence-electron chi connectivity index (χ3n) is 4.08. The van der Waals surface area contributed by atoms with Crippen molar-refractivity contribution in [2.24, 2.45) is 0 Å². The molecule has 3 aromatic rings. The molecular formula is C21H18F2N4O3. The van der Waals surface area contributed by atoms with Crippen LogP contribution in [0.3, 0.4) is 0 Å². The van der Waals surface area contributed by atoms with Gasteiger partial charge in [-0.05, 0) is 18.2 Å². The minimum absolute atomic E-state index is 0.0275. The highest BCUT2D eigenvalue weighted by Crippen LogP contribution is 2.18. The van der Waals surface area contributed by atoms with Gasteiger partial charge in [-0.2, -0.15) is 5.10 Å². The fraction of sp³-hybridized carbons (Fsp3) is 0.143. The average Bonchev–Trinajstić information content (AvgIpc) is 2.70. The summed E-state index contributed by atoms with van der Waals surface area (Å²) in [6.07, 6.45) is 0.161. The highest BCUT2D eigenvalue weighted by molar-refractivity contribution is 5.92. The number of benzene rings is 2. The maximum Gasteiger partial charge on any atom is 0.291 e. The Balaban J connectivity index is 1.93. The van der Waals surface area contributed by atoms with Gasteiger partial charge in [0.25, 0.3) is 5.56 Å². The Hall–Kier alpha value is -3.88. The molecule has 7 nitrogen and oxygen atoms in total. The Morgan fingerprint density at radius 2 is 1.63 bits per heavy atom. The third kappa shape index (κ3) is 5.13. The number of hydrogen-bond acceptors (Lipinski definition) is 4. The molecule has 2 amide bonds. The van der Waals surface area contributed by atoms with Crippen molar-refractivity contribution in [3.8, 4) is 11.3 Å². The van der Waals surface area contributed by atoms with E-state index < -0.39 is 29.6 Å². The maximum atomic E-state index is 13.3. The fourth-order valence-corrected chi connectivity index (χ4v) is 2.69. The van der Waals surface area contributed by atoms with Crippen molar-refractivity contribution in [3.05, 3.63) is 76.6 Å². The SMILES string of the molecule is CCC(=O)Nc1cc(-c2ccccc2)nn(CC(=O)Nc2cc(F)cc(F)c2)c1=O. The van der Waals surface area contributed by atoms with Crippen molar-refractivity contribution in [1.82, 2.24) is 9.78 Å². The lowest BCUT2D eigenvalue weighted by Crippen LogP contribution is -2.32. The molecule has 1 aromatic heterocycles. The Morgan fingerprint density at radius 3 is 2.27 bits per heavy atom. The minimum Gasteiger partial charge on any atom is -0.324 e. The summed E-state index contributed by atoms with van der Waals surface area (Å²) in [5.74, 6) is -2.79. The summed E-state index contributed by atoms with van der Waals surface area (Å²) >= 11 is 0. The smallest absolute Gasteiger partial charge is 0.291 e. The van der Waals surface area contributed by atoms with Crippen LogP contribution in [-0.4, -0.2) is 21.6 Å². The first kappa shape index (κ1) is 20.8. The van der Waals surface area contributed by atoms with Crippen LogP contribution in [-0.2, 0) is 16.1 Å². The summed E-state index contributed by atoms with van der Waals surface area (Å²) in [7, 11) is 0. The van der Waals surface area contributed by atoms with Gasteiger partial charge in [0.1, 0.15) is 23.9 Å². The third-order valence-corrected chi connectivity index (χ3v) is 4.08. The summed E-state index contributed by atoms with van der Waals surface area (Å²) in [5, 5.41) is 9.03. The van der Waals surface area contributed by atoms with E-state index in [0.29, 0.717) is 17.3 Å². The van der Waals surface area contributed by atoms with Gasteiger partial charge >= 0.3 is 0 Å². The van der Waals surface area contributed by atoms with E-state index in [1.807, 2.05) is 6.07 Å². The van der Waals surface area contributed by atoms with Crippen LogP contribution in [0.5, 0.6) is 0 Å². The first-order valence-corrected chi connectivity index (χ1v) is 9.09. The number of nitrogens with zero attached hydrogens (tertiary/aromatic N) is 2. The van der Waals surface area contributed by atoms with Gasteiger partial charge in [-0.3, -0.25) is 14.4 Å². The van der Waals surface area contributed by atoms with Gasteiger partial charge in [0, 0.05) is 23.7 Å². The molecule has 1 heterocycles. The summed E-state index contributed by atoms with van der Waals surface area (Å²) < 4.78 is 27.5. The standard InChI is InChI=1S/C21H18F2N4O3/c1-2-19(28)25-18-11-17(13-6-4-3-5-7-13)26-27(21(18)30)12-20(29)24-16-9-14(22)8-15(23)10-16/h3-11H,2,12H2,1H3,(H,24,29)(H,25,28). The van der Waals surface area contributed by atoms with E-state index >= 15 is 0 Å². The second kappa shape index (κ2) is 9.08. The first-order chi connectivity index (χ1) is 14.4. The molecule has 2 N–H and O–H groups in total. The lowest BCUT2D eigenvalue weighted by molar-refractivity contribution is -0.117. The zero-order chi connectivity index (χ0) is 21.7. The lowest BCUT2D eigenvalue weighted by atomic mass is 10.1. The van der Waals surface area contributed by atoms with E-state index in [1.165, 1.54) is 6.07 Å². The number of amides is 2. The van der Waals surface area contributed by atoms with Gasteiger partial charge in [-0.15, -0.1) is 0 Å². The number of aromatic nitrogens is 2. The van der Waals surface area contributed by atoms with Crippen LogP contribution in [0.1, 0.15) is 13.3 Å². The maximum absolute atomic E-state index is 13.3. The minimum atomic E-state index is -0.851. The summed E-state index contributed by atoms with van der Waals surface area (Å²) in [4.78, 5) is 36.8. The molecule has 0 bridgehead atoms. The molecule has 0 atom stereocenters. The zero-order valence-corrected chi connectivity index (χ0v) is 16.0. The highest BCUT2D eigenvalue weighted by atomic mass is 19.1. The van der Waals surface area contributed by atoms with E-state index in [9.17, 15) is 23.2 Å². The molecule has 0 spiro atoms. The normalized spacial score (nSPS) is 10.5. The Bertz CT molecular complexity index is 1130. The molecule has 0 radical (unpaired) electrons. The van der Waals surface area contributed by atoms with Gasteiger partial charge in [-0.1, -0.05) is 37.3 Å². The summed E-state index contributed by atoms with van der Waals surface area (Å²) in [6, 6.07) is 12.9. The van der Waals surface area contributed by atoms with Crippen molar-refractivity contribution < 1.29 is 18.4 Å². The second-order valence-corrected chi connectivity index (χ2v) is 6.38. The molecule has 3 rings (SSSR count). The number of hydrogen-bond donors (Lipinski definition) is 2. The Labute approximate surface area is 170 Å². The number of halogens is 2. The molecule has 9 heteroatoms. The fourth-order valence-electron chi connectivity index (χ4n) is 2.69. The second-order valence-electron chi connectivity index (χ2n) is 6.38. The molecule has 30 heavy (non-hydrogen) atoms. The summed E-state index contributed by atoms with van der Waals surface area (Å²) in [5.41, 5.74) is 0.235. The van der Waals surface area contributed by atoms with Gasteiger partial charge in [0.05, 0.1) is 5.69 Å². The van der Waals surface area contributed by atoms with E-state index in [-0.39, 0.29) is 23.7 Å². The monoisotopic (exact) mass is 412 g/mol. The van der Waals surface area contributed by atoms with Gasteiger partial charge in [-0.25, -0.2) is 13.5 Å². The number of carbonyl (C=O) groups is 2. The summed E-state index contributed by atoms with van der Waals surface area (Å²) in [6.45, 7) is 1.12. The van der Waals surface area contributed by atoms with Crippen LogP contribution in [0, 0.1) is 11.6 Å². The number of rotatable bonds is 6.